The molecule has 0 saturated heterocycles. The highest BCUT2D eigenvalue weighted by Gasteiger charge is 2.11. The average Bonchev–Trinajstić information content (AvgIpc) is 2.98. The summed E-state index contributed by atoms with van der Waals surface area (Å²) in [7, 11) is 0. The van der Waals surface area contributed by atoms with Crippen LogP contribution in [0.15, 0.2) is 62.7 Å². The van der Waals surface area contributed by atoms with Gasteiger partial charge in [0, 0.05) is 11.5 Å². The Morgan fingerprint density at radius 3 is 2.48 bits per heavy atom. The third kappa shape index (κ3) is 2.21. The zero-order chi connectivity index (χ0) is 15.8. The van der Waals surface area contributed by atoms with Crippen molar-refractivity contribution >= 4 is 33.8 Å². The van der Waals surface area contributed by atoms with Crippen molar-refractivity contribution < 1.29 is 9.21 Å². The molecule has 0 atom stereocenters. The summed E-state index contributed by atoms with van der Waals surface area (Å²) in [6.07, 6.45) is 1.45. The van der Waals surface area contributed by atoms with Gasteiger partial charge in [0.15, 0.2) is 5.69 Å². The maximum atomic E-state index is 12.2. The number of fused-ring (bicyclic) bond motifs is 2. The van der Waals surface area contributed by atoms with Crippen molar-refractivity contribution in [2.75, 3.05) is 0 Å². The van der Waals surface area contributed by atoms with E-state index >= 15 is 0 Å². The number of rotatable bonds is 2. The first-order valence-corrected chi connectivity index (χ1v) is 6.73. The van der Waals surface area contributed by atoms with Gasteiger partial charge < -0.3 is 4.42 Å². The zero-order valence-electron chi connectivity index (χ0n) is 11.6. The number of aromatic nitrogens is 3. The fourth-order valence-electron chi connectivity index (χ4n) is 2.32. The Hall–Kier alpha value is -3.57. The first-order valence-electron chi connectivity index (χ1n) is 6.73. The third-order valence-electron chi connectivity index (χ3n) is 3.38. The topological polar surface area (TPSA) is 90.4 Å². The summed E-state index contributed by atoms with van der Waals surface area (Å²) in [5.74, 6) is 0. The van der Waals surface area contributed by atoms with Crippen LogP contribution in [0.25, 0.3) is 27.7 Å². The van der Waals surface area contributed by atoms with Crippen molar-refractivity contribution in [2.24, 2.45) is 4.99 Å². The predicted molar refractivity (Wildman–Crippen MR) is 82.7 cm³/mol. The molecular formula is C16H8N4O3. The Morgan fingerprint density at radius 1 is 1.04 bits per heavy atom. The van der Waals surface area contributed by atoms with Crippen LogP contribution in [-0.4, -0.2) is 21.1 Å². The SMILES string of the molecule is O=C=Nc1ccc2cc(-n3nc4ccccc4n3)c(=O)oc2c1. The molecule has 0 unspecified atom stereocenters. The Labute approximate surface area is 128 Å². The quantitative estimate of drug-likeness (QED) is 0.322. The fraction of sp³-hybridized carbons (Fsp3) is 0. The summed E-state index contributed by atoms with van der Waals surface area (Å²) in [6, 6.07) is 13.8. The Bertz CT molecular complexity index is 1120. The van der Waals surface area contributed by atoms with E-state index in [0.717, 1.165) is 0 Å². The molecule has 2 heterocycles. The normalized spacial score (nSPS) is 10.8. The van der Waals surface area contributed by atoms with Gasteiger partial charge in [-0.15, -0.1) is 15.0 Å². The minimum absolute atomic E-state index is 0.209. The van der Waals surface area contributed by atoms with E-state index in [9.17, 15) is 9.59 Å². The highest BCUT2D eigenvalue weighted by atomic mass is 16.4. The van der Waals surface area contributed by atoms with Crippen molar-refractivity contribution in [3.8, 4) is 5.69 Å². The first kappa shape index (κ1) is 13.1. The monoisotopic (exact) mass is 304 g/mol. The second-order valence-corrected chi connectivity index (χ2v) is 4.82. The molecule has 4 rings (SSSR count). The molecule has 0 bridgehead atoms. The van der Waals surface area contributed by atoms with Crippen LogP contribution in [0, 0.1) is 0 Å². The Kier molecular flexibility index (Phi) is 2.86. The zero-order valence-corrected chi connectivity index (χ0v) is 11.6. The van der Waals surface area contributed by atoms with Crippen molar-refractivity contribution in [1.29, 1.82) is 0 Å². The van der Waals surface area contributed by atoms with Crippen molar-refractivity contribution in [1.82, 2.24) is 15.0 Å². The van der Waals surface area contributed by atoms with E-state index in [1.807, 2.05) is 24.3 Å². The van der Waals surface area contributed by atoms with Gasteiger partial charge in [-0.1, -0.05) is 12.1 Å². The van der Waals surface area contributed by atoms with Gasteiger partial charge in [0.1, 0.15) is 16.6 Å². The molecule has 0 radical (unpaired) electrons. The van der Waals surface area contributed by atoms with Crippen LogP contribution in [0.4, 0.5) is 5.69 Å². The van der Waals surface area contributed by atoms with Crippen LogP contribution < -0.4 is 5.63 Å². The second-order valence-electron chi connectivity index (χ2n) is 4.82. The first-order chi connectivity index (χ1) is 11.2. The summed E-state index contributed by atoms with van der Waals surface area (Å²) >= 11 is 0. The molecular weight excluding hydrogens is 296 g/mol. The van der Waals surface area contributed by atoms with Crippen LogP contribution >= 0.6 is 0 Å². The van der Waals surface area contributed by atoms with Crippen LogP contribution in [0.3, 0.4) is 0 Å². The summed E-state index contributed by atoms with van der Waals surface area (Å²) < 4.78 is 5.28. The molecule has 0 aliphatic heterocycles. The molecule has 2 aromatic heterocycles. The van der Waals surface area contributed by atoms with E-state index in [1.54, 1.807) is 18.2 Å². The smallest absolute Gasteiger partial charge is 0.364 e. The van der Waals surface area contributed by atoms with Gasteiger partial charge in [-0.25, -0.2) is 9.59 Å². The molecule has 4 aromatic rings. The molecule has 0 amide bonds. The minimum atomic E-state index is -0.579. The van der Waals surface area contributed by atoms with Gasteiger partial charge in [0.25, 0.3) is 0 Å². The molecule has 0 aliphatic rings. The number of benzene rings is 2. The van der Waals surface area contributed by atoms with E-state index in [0.29, 0.717) is 27.7 Å². The molecule has 110 valence electrons. The van der Waals surface area contributed by atoms with E-state index in [2.05, 4.69) is 15.2 Å². The molecule has 0 spiro atoms. The molecule has 0 aliphatic carbocycles. The van der Waals surface area contributed by atoms with Crippen molar-refractivity contribution in [2.45, 2.75) is 0 Å². The van der Waals surface area contributed by atoms with Gasteiger partial charge in [0.2, 0.25) is 6.08 Å². The lowest BCUT2D eigenvalue weighted by atomic mass is 10.2. The summed E-state index contributed by atoms with van der Waals surface area (Å²) in [5.41, 5.74) is 1.69. The van der Waals surface area contributed by atoms with Gasteiger partial charge in [0.05, 0.1) is 5.69 Å². The summed E-state index contributed by atoms with van der Waals surface area (Å²) in [6.45, 7) is 0. The second kappa shape index (κ2) is 5.01. The van der Waals surface area contributed by atoms with E-state index in [-0.39, 0.29) is 5.69 Å². The highest BCUT2D eigenvalue weighted by Crippen LogP contribution is 2.21. The van der Waals surface area contributed by atoms with Crippen LogP contribution in [0.1, 0.15) is 0 Å². The predicted octanol–water partition coefficient (Wildman–Crippen LogP) is 2.49. The average molecular weight is 304 g/mol. The Morgan fingerprint density at radius 2 is 1.78 bits per heavy atom. The number of aliphatic imine (C=N–C) groups is 1. The highest BCUT2D eigenvalue weighted by molar-refractivity contribution is 5.81. The third-order valence-corrected chi connectivity index (χ3v) is 3.38. The van der Waals surface area contributed by atoms with Gasteiger partial charge in [-0.2, -0.15) is 4.99 Å². The lowest BCUT2D eigenvalue weighted by Gasteiger charge is -2.01. The maximum absolute atomic E-state index is 12.2. The lowest BCUT2D eigenvalue weighted by molar-refractivity contribution is 0.546. The number of isocyanates is 1. The summed E-state index contributed by atoms with van der Waals surface area (Å²) in [4.78, 5) is 27.3. The number of hydrogen-bond acceptors (Lipinski definition) is 6. The largest absolute Gasteiger partial charge is 0.421 e. The molecule has 7 heteroatoms. The van der Waals surface area contributed by atoms with Crippen molar-refractivity contribution in [3.63, 3.8) is 0 Å². The summed E-state index contributed by atoms with van der Waals surface area (Å²) in [5, 5.41) is 9.22. The Balaban J connectivity index is 1.93. The number of nitrogens with zero attached hydrogens (tertiary/aromatic N) is 4. The van der Waals surface area contributed by atoms with Crippen LogP contribution in [0.2, 0.25) is 0 Å². The molecule has 0 saturated carbocycles. The van der Waals surface area contributed by atoms with E-state index in [4.69, 9.17) is 4.42 Å². The van der Waals surface area contributed by atoms with E-state index < -0.39 is 5.63 Å². The van der Waals surface area contributed by atoms with Crippen LogP contribution in [0.5, 0.6) is 0 Å². The van der Waals surface area contributed by atoms with Crippen molar-refractivity contribution in [3.05, 3.63) is 59.0 Å². The number of hydrogen-bond donors (Lipinski definition) is 0. The molecule has 23 heavy (non-hydrogen) atoms. The lowest BCUT2D eigenvalue weighted by Crippen LogP contribution is -2.12. The minimum Gasteiger partial charge on any atom is -0.421 e. The fourth-order valence-corrected chi connectivity index (χ4v) is 2.32. The standard InChI is InChI=1S/C16H8N4O3/c21-9-17-11-6-5-10-7-14(16(22)23-15(10)8-11)20-18-12-3-1-2-4-13(12)19-20/h1-8H. The van der Waals surface area contributed by atoms with Gasteiger partial charge >= 0.3 is 5.63 Å². The maximum Gasteiger partial charge on any atom is 0.364 e. The van der Waals surface area contributed by atoms with Gasteiger partial charge in [-0.05, 0) is 30.3 Å². The molecule has 0 N–H and O–H groups in total. The molecule has 0 fully saturated rings. The number of carbonyl (C=O) groups excluding carboxylic acids is 1. The van der Waals surface area contributed by atoms with E-state index in [1.165, 1.54) is 16.9 Å². The van der Waals surface area contributed by atoms with Gasteiger partial charge in [-0.3, -0.25) is 0 Å². The van der Waals surface area contributed by atoms with Crippen LogP contribution in [-0.2, 0) is 4.79 Å². The molecule has 2 aromatic carbocycles. The molecule has 7 nitrogen and oxygen atoms in total.